The van der Waals surface area contributed by atoms with E-state index in [0.717, 1.165) is 40.9 Å². The van der Waals surface area contributed by atoms with Gasteiger partial charge in [-0.1, -0.05) is 23.7 Å². The number of thioether (sulfide) groups is 1. The van der Waals surface area contributed by atoms with Gasteiger partial charge in [0.2, 0.25) is 5.75 Å². The van der Waals surface area contributed by atoms with Crippen LogP contribution in [0.2, 0.25) is 5.02 Å². The second-order valence-electron chi connectivity index (χ2n) is 7.91. The smallest absolute Gasteiger partial charge is 0.318 e. The van der Waals surface area contributed by atoms with Crippen molar-refractivity contribution >= 4 is 52.0 Å². The molecule has 1 heterocycles. The second-order valence-corrected chi connectivity index (χ2v) is 9.31. The Balaban J connectivity index is 1.60. The summed E-state index contributed by atoms with van der Waals surface area (Å²) in [5, 5.41) is 22.0. The lowest BCUT2D eigenvalue weighted by atomic mass is 10.1. The summed E-state index contributed by atoms with van der Waals surface area (Å²) in [7, 11) is 0. The highest BCUT2D eigenvalue weighted by atomic mass is 35.5. The molecule has 2 amide bonds. The van der Waals surface area contributed by atoms with Crippen LogP contribution in [0.5, 0.6) is 17.2 Å². The van der Waals surface area contributed by atoms with E-state index in [4.69, 9.17) is 21.1 Å². The topological polar surface area (TPSA) is 142 Å². The second kappa shape index (κ2) is 11.5. The Labute approximate surface area is 229 Å². The number of rotatable bonds is 9. The number of nitro groups is 2. The summed E-state index contributed by atoms with van der Waals surface area (Å²) >= 11 is 6.75. The van der Waals surface area contributed by atoms with E-state index in [-0.39, 0.29) is 40.3 Å². The average molecular weight is 574 g/mol. The number of hydrogen-bond acceptors (Lipinski definition) is 9. The van der Waals surface area contributed by atoms with E-state index in [1.807, 2.05) is 0 Å². The predicted octanol–water partition coefficient (Wildman–Crippen LogP) is 6.72. The van der Waals surface area contributed by atoms with Crippen LogP contribution < -0.4 is 9.47 Å². The molecular weight excluding hydrogens is 557 g/mol. The Hall–Kier alpha value is -4.49. The number of hydrogen-bond donors (Lipinski definition) is 0. The van der Waals surface area contributed by atoms with Gasteiger partial charge in [0.1, 0.15) is 5.82 Å². The molecule has 3 aromatic carbocycles. The van der Waals surface area contributed by atoms with Crippen LogP contribution in [0.4, 0.5) is 20.6 Å². The van der Waals surface area contributed by atoms with E-state index in [9.17, 15) is 34.2 Å². The first-order valence-corrected chi connectivity index (χ1v) is 12.3. The van der Waals surface area contributed by atoms with Crippen molar-refractivity contribution in [3.05, 3.63) is 102 Å². The molecule has 1 saturated heterocycles. The van der Waals surface area contributed by atoms with Crippen molar-refractivity contribution in [2.24, 2.45) is 0 Å². The highest BCUT2D eigenvalue weighted by Gasteiger charge is 2.35. The van der Waals surface area contributed by atoms with Gasteiger partial charge in [-0.15, -0.1) is 0 Å². The zero-order valence-corrected chi connectivity index (χ0v) is 21.5. The van der Waals surface area contributed by atoms with Crippen LogP contribution >= 0.6 is 23.4 Å². The van der Waals surface area contributed by atoms with Crippen LogP contribution in [0.1, 0.15) is 18.1 Å². The van der Waals surface area contributed by atoms with E-state index in [1.54, 1.807) is 13.0 Å². The van der Waals surface area contributed by atoms with Crippen LogP contribution in [0.3, 0.4) is 0 Å². The third-order valence-electron chi connectivity index (χ3n) is 5.35. The molecule has 0 aromatic heterocycles. The number of halogens is 2. The first-order valence-electron chi connectivity index (χ1n) is 11.1. The minimum atomic E-state index is -0.799. The number of imide groups is 1. The van der Waals surface area contributed by atoms with Crippen LogP contribution in [0.15, 0.2) is 59.5 Å². The van der Waals surface area contributed by atoms with E-state index in [1.165, 1.54) is 30.3 Å². The maximum Gasteiger partial charge on any atom is 0.318 e. The van der Waals surface area contributed by atoms with Gasteiger partial charge in [-0.3, -0.25) is 34.7 Å². The highest BCUT2D eigenvalue weighted by molar-refractivity contribution is 8.18. The van der Waals surface area contributed by atoms with E-state index >= 15 is 0 Å². The number of carbonyl (C=O) groups is 2. The Kier molecular flexibility index (Phi) is 8.12. The van der Waals surface area contributed by atoms with Crippen LogP contribution in [-0.2, 0) is 11.3 Å². The van der Waals surface area contributed by atoms with Gasteiger partial charge in [-0.25, -0.2) is 4.39 Å². The molecule has 4 rings (SSSR count). The molecule has 0 unspecified atom stereocenters. The molecule has 11 nitrogen and oxygen atoms in total. The van der Waals surface area contributed by atoms with Crippen molar-refractivity contribution in [3.63, 3.8) is 0 Å². The average Bonchev–Trinajstić information content (AvgIpc) is 3.14. The maximum absolute atomic E-state index is 13.3. The van der Waals surface area contributed by atoms with Gasteiger partial charge in [0.15, 0.2) is 11.5 Å². The van der Waals surface area contributed by atoms with Crippen molar-refractivity contribution in [2.75, 3.05) is 6.61 Å². The zero-order valence-electron chi connectivity index (χ0n) is 20.0. The third-order valence-corrected chi connectivity index (χ3v) is 6.61. The van der Waals surface area contributed by atoms with Gasteiger partial charge in [0, 0.05) is 11.1 Å². The number of amides is 2. The van der Waals surface area contributed by atoms with Crippen LogP contribution in [-0.4, -0.2) is 32.5 Å². The number of ether oxygens (including phenoxy) is 2. The molecule has 0 spiro atoms. The van der Waals surface area contributed by atoms with Gasteiger partial charge >= 0.3 is 5.69 Å². The predicted molar refractivity (Wildman–Crippen MR) is 140 cm³/mol. The lowest BCUT2D eigenvalue weighted by Gasteiger charge is -2.14. The fraction of sp³-hybridized carbons (Fsp3) is 0.120. The summed E-state index contributed by atoms with van der Waals surface area (Å²) in [6.45, 7) is 1.78. The fourth-order valence-electron chi connectivity index (χ4n) is 3.54. The molecule has 0 atom stereocenters. The molecule has 0 bridgehead atoms. The largest absolute Gasteiger partial charge is 0.490 e. The molecule has 1 aliphatic heterocycles. The molecule has 200 valence electrons. The van der Waals surface area contributed by atoms with Crippen LogP contribution in [0.25, 0.3) is 6.08 Å². The minimum absolute atomic E-state index is 0.0863. The minimum Gasteiger partial charge on any atom is -0.490 e. The highest BCUT2D eigenvalue weighted by Crippen LogP contribution is 2.40. The SMILES string of the molecule is CCOc1cc(/C=C2\SC(=O)N(Cc3ccc(F)cc3Cl)C2=O)ccc1Oc1ccc([N+](=O)[O-])cc1[N+](=O)[O-]. The number of benzene rings is 3. The van der Waals surface area contributed by atoms with Gasteiger partial charge in [-0.05, 0) is 66.2 Å². The zero-order chi connectivity index (χ0) is 28.3. The van der Waals surface area contributed by atoms with Crippen molar-refractivity contribution in [3.8, 4) is 17.2 Å². The first-order chi connectivity index (χ1) is 18.6. The molecule has 1 aliphatic rings. The van der Waals surface area contributed by atoms with Crippen LogP contribution in [0, 0.1) is 26.0 Å². The Bertz CT molecular complexity index is 1550. The van der Waals surface area contributed by atoms with Gasteiger partial charge < -0.3 is 9.47 Å². The van der Waals surface area contributed by atoms with Crippen molar-refractivity contribution in [2.45, 2.75) is 13.5 Å². The molecule has 0 aliphatic carbocycles. The molecule has 0 N–H and O–H groups in total. The molecular formula is C25H17ClFN3O8S. The molecule has 0 saturated carbocycles. The summed E-state index contributed by atoms with van der Waals surface area (Å²) < 4.78 is 24.6. The maximum atomic E-state index is 13.3. The monoisotopic (exact) mass is 573 g/mol. The number of non-ortho nitro benzene ring substituents is 1. The number of carbonyl (C=O) groups excluding carboxylic acids is 2. The Morgan fingerprint density at radius 1 is 1.00 bits per heavy atom. The molecule has 39 heavy (non-hydrogen) atoms. The van der Waals surface area contributed by atoms with Gasteiger partial charge in [0.25, 0.3) is 16.8 Å². The number of nitro benzene ring substituents is 2. The van der Waals surface area contributed by atoms with Gasteiger partial charge in [0.05, 0.1) is 34.0 Å². The standard InChI is InChI=1S/C25H17ClFN3O8S/c1-2-37-22-9-14(3-7-21(22)38-20-8-6-17(29(33)34)12-19(20)30(35)36)10-23-24(31)28(25(32)39-23)13-15-4-5-16(27)11-18(15)26/h3-12H,2,13H2,1H3/b23-10-. The van der Waals surface area contributed by atoms with E-state index in [0.29, 0.717) is 11.1 Å². The molecule has 14 heteroatoms. The Morgan fingerprint density at radius 3 is 2.41 bits per heavy atom. The normalized spacial score (nSPS) is 14.1. The molecule has 0 radical (unpaired) electrons. The van der Waals surface area contributed by atoms with E-state index in [2.05, 4.69) is 0 Å². The summed E-state index contributed by atoms with van der Waals surface area (Å²) in [5.74, 6) is -1.08. The lowest BCUT2D eigenvalue weighted by Crippen LogP contribution is -2.27. The molecule has 3 aromatic rings. The fourth-order valence-corrected chi connectivity index (χ4v) is 4.61. The summed E-state index contributed by atoms with van der Waals surface area (Å²) in [6.07, 6.45) is 1.47. The van der Waals surface area contributed by atoms with E-state index < -0.39 is 38.2 Å². The van der Waals surface area contributed by atoms with Crippen molar-refractivity contribution < 1.29 is 33.3 Å². The molecule has 1 fully saturated rings. The first kappa shape index (κ1) is 27.5. The summed E-state index contributed by atoms with van der Waals surface area (Å²) in [6, 6.07) is 11.2. The van der Waals surface area contributed by atoms with Crippen molar-refractivity contribution in [1.29, 1.82) is 0 Å². The quantitative estimate of drug-likeness (QED) is 0.155. The van der Waals surface area contributed by atoms with Crippen molar-refractivity contribution in [1.82, 2.24) is 4.90 Å². The number of nitrogens with zero attached hydrogens (tertiary/aromatic N) is 3. The lowest BCUT2D eigenvalue weighted by molar-refractivity contribution is -0.394. The summed E-state index contributed by atoms with van der Waals surface area (Å²) in [5.41, 5.74) is -0.202. The Morgan fingerprint density at radius 2 is 1.74 bits per heavy atom. The summed E-state index contributed by atoms with van der Waals surface area (Å²) in [4.78, 5) is 47.5. The van der Waals surface area contributed by atoms with Gasteiger partial charge in [-0.2, -0.15) is 0 Å². The third kappa shape index (κ3) is 6.16.